The molecular formula is C19H30N4O2. The summed E-state index contributed by atoms with van der Waals surface area (Å²) in [4.78, 5) is 28.0. The maximum absolute atomic E-state index is 12.8. The second-order valence-electron chi connectivity index (χ2n) is 7.13. The number of urea groups is 1. The third kappa shape index (κ3) is 6.38. The lowest BCUT2D eigenvalue weighted by Gasteiger charge is -2.30. The lowest BCUT2D eigenvalue weighted by Crippen LogP contribution is -2.42. The highest BCUT2D eigenvalue weighted by atomic mass is 16.2. The highest BCUT2D eigenvalue weighted by Crippen LogP contribution is 2.24. The number of anilines is 1. The van der Waals surface area contributed by atoms with Gasteiger partial charge in [-0.15, -0.1) is 0 Å². The van der Waals surface area contributed by atoms with Crippen LogP contribution in [0, 0.1) is 5.92 Å². The van der Waals surface area contributed by atoms with Gasteiger partial charge in [-0.05, 0) is 51.1 Å². The summed E-state index contributed by atoms with van der Waals surface area (Å²) in [6.45, 7) is 2.29. The summed E-state index contributed by atoms with van der Waals surface area (Å²) in [6.07, 6.45) is 6.22. The number of carbonyl (C=O) groups is 2. The number of primary amides is 1. The minimum atomic E-state index is -0.497. The fourth-order valence-corrected chi connectivity index (χ4v) is 3.23. The Labute approximate surface area is 150 Å². The van der Waals surface area contributed by atoms with Gasteiger partial charge in [-0.1, -0.05) is 25.3 Å². The van der Waals surface area contributed by atoms with Crippen molar-refractivity contribution < 1.29 is 9.59 Å². The summed E-state index contributed by atoms with van der Waals surface area (Å²) in [7, 11) is 4.01. The molecule has 1 saturated carbocycles. The number of carbonyl (C=O) groups excluding carboxylic acids is 2. The Bertz CT molecular complexity index is 583. The summed E-state index contributed by atoms with van der Waals surface area (Å²) >= 11 is 0. The molecule has 0 spiro atoms. The van der Waals surface area contributed by atoms with Crippen LogP contribution < -0.4 is 11.1 Å². The third-order valence-electron chi connectivity index (χ3n) is 4.71. The molecule has 0 heterocycles. The molecule has 1 fully saturated rings. The van der Waals surface area contributed by atoms with Gasteiger partial charge in [0.15, 0.2) is 0 Å². The molecule has 6 nitrogen and oxygen atoms in total. The zero-order valence-electron chi connectivity index (χ0n) is 15.3. The van der Waals surface area contributed by atoms with Crippen LogP contribution in [0.3, 0.4) is 0 Å². The maximum Gasteiger partial charge on any atom is 0.321 e. The molecule has 0 unspecified atom stereocenters. The lowest BCUT2D eigenvalue weighted by atomic mass is 9.89. The van der Waals surface area contributed by atoms with E-state index in [0.29, 0.717) is 23.7 Å². The Morgan fingerprint density at radius 2 is 1.88 bits per heavy atom. The van der Waals surface area contributed by atoms with Crippen molar-refractivity contribution in [3.8, 4) is 0 Å². The Morgan fingerprint density at radius 1 is 1.16 bits per heavy atom. The Hall–Kier alpha value is -2.08. The van der Waals surface area contributed by atoms with E-state index in [1.807, 2.05) is 19.0 Å². The summed E-state index contributed by atoms with van der Waals surface area (Å²) < 4.78 is 0. The summed E-state index contributed by atoms with van der Waals surface area (Å²) in [6, 6.07) is 6.64. The monoisotopic (exact) mass is 346 g/mol. The van der Waals surface area contributed by atoms with Crippen molar-refractivity contribution in [2.45, 2.75) is 32.1 Å². The average Bonchev–Trinajstić information content (AvgIpc) is 2.59. The quantitative estimate of drug-likeness (QED) is 0.797. The van der Waals surface area contributed by atoms with E-state index < -0.39 is 5.91 Å². The van der Waals surface area contributed by atoms with E-state index in [1.165, 1.54) is 32.1 Å². The normalized spacial score (nSPS) is 15.2. The first-order valence-corrected chi connectivity index (χ1v) is 9.06. The van der Waals surface area contributed by atoms with Crippen LogP contribution in [-0.2, 0) is 0 Å². The number of benzene rings is 1. The first-order valence-electron chi connectivity index (χ1n) is 9.06. The summed E-state index contributed by atoms with van der Waals surface area (Å²) in [5.74, 6) is 0.0846. The van der Waals surface area contributed by atoms with E-state index in [2.05, 4.69) is 10.2 Å². The van der Waals surface area contributed by atoms with Crippen LogP contribution in [0.1, 0.15) is 42.5 Å². The van der Waals surface area contributed by atoms with Gasteiger partial charge in [-0.2, -0.15) is 0 Å². The highest BCUT2D eigenvalue weighted by Gasteiger charge is 2.21. The molecule has 0 atom stereocenters. The van der Waals surface area contributed by atoms with E-state index in [0.717, 1.165) is 13.1 Å². The molecule has 138 valence electrons. The Morgan fingerprint density at radius 3 is 2.52 bits per heavy atom. The topological polar surface area (TPSA) is 78.7 Å². The van der Waals surface area contributed by atoms with Crippen molar-refractivity contribution in [2.24, 2.45) is 11.7 Å². The smallest absolute Gasteiger partial charge is 0.321 e. The third-order valence-corrected chi connectivity index (χ3v) is 4.71. The van der Waals surface area contributed by atoms with Crippen LogP contribution in [0.25, 0.3) is 0 Å². The van der Waals surface area contributed by atoms with Crippen LogP contribution in [0.5, 0.6) is 0 Å². The van der Waals surface area contributed by atoms with Crippen molar-refractivity contribution in [3.05, 3.63) is 29.8 Å². The fourth-order valence-electron chi connectivity index (χ4n) is 3.23. The van der Waals surface area contributed by atoms with Crippen molar-refractivity contribution in [2.75, 3.05) is 39.0 Å². The van der Waals surface area contributed by atoms with Gasteiger partial charge in [0.25, 0.3) is 0 Å². The van der Waals surface area contributed by atoms with E-state index in [9.17, 15) is 9.59 Å². The Kier molecular flexibility index (Phi) is 7.25. The zero-order valence-corrected chi connectivity index (χ0v) is 15.3. The number of rotatable bonds is 7. The molecule has 25 heavy (non-hydrogen) atoms. The van der Waals surface area contributed by atoms with Crippen molar-refractivity contribution in [1.29, 1.82) is 0 Å². The molecule has 1 aromatic carbocycles. The molecular weight excluding hydrogens is 316 g/mol. The second-order valence-corrected chi connectivity index (χ2v) is 7.13. The van der Waals surface area contributed by atoms with E-state index in [4.69, 9.17) is 5.73 Å². The SMILES string of the molecule is CN(C)CCN(CC1CCCCC1)C(=O)Nc1cccc(C(N)=O)c1. The zero-order chi connectivity index (χ0) is 18.2. The molecule has 0 aromatic heterocycles. The van der Waals surface area contributed by atoms with Crippen LogP contribution in [0.4, 0.5) is 10.5 Å². The molecule has 6 heteroatoms. The minimum absolute atomic E-state index is 0.117. The number of likely N-dealkylation sites (N-methyl/N-ethyl adjacent to an activating group) is 1. The Balaban J connectivity index is 2.02. The van der Waals surface area contributed by atoms with Gasteiger partial charge in [0.2, 0.25) is 5.91 Å². The number of nitrogens with one attached hydrogen (secondary N) is 1. The molecule has 3 amide bonds. The average molecular weight is 346 g/mol. The second kappa shape index (κ2) is 9.42. The van der Waals surface area contributed by atoms with Gasteiger partial charge in [0, 0.05) is 30.9 Å². The summed E-state index contributed by atoms with van der Waals surface area (Å²) in [5.41, 5.74) is 6.30. The predicted octanol–water partition coefficient (Wildman–Crippen LogP) is 2.76. The van der Waals surface area contributed by atoms with Gasteiger partial charge in [0.05, 0.1) is 0 Å². The van der Waals surface area contributed by atoms with Crippen LogP contribution in [-0.4, -0.2) is 55.5 Å². The van der Waals surface area contributed by atoms with Gasteiger partial charge < -0.3 is 20.9 Å². The molecule has 0 saturated heterocycles. The first-order chi connectivity index (χ1) is 12.0. The van der Waals surface area contributed by atoms with Gasteiger partial charge in [-0.3, -0.25) is 4.79 Å². The number of nitrogens with two attached hydrogens (primary N) is 1. The van der Waals surface area contributed by atoms with Gasteiger partial charge in [0.1, 0.15) is 0 Å². The number of amides is 3. The summed E-state index contributed by atoms with van der Waals surface area (Å²) in [5, 5.41) is 2.91. The van der Waals surface area contributed by atoms with E-state index >= 15 is 0 Å². The molecule has 3 N–H and O–H groups in total. The highest BCUT2D eigenvalue weighted by molar-refractivity contribution is 5.95. The van der Waals surface area contributed by atoms with Crippen LogP contribution in [0.2, 0.25) is 0 Å². The molecule has 1 aliphatic carbocycles. The van der Waals surface area contributed by atoms with Crippen LogP contribution >= 0.6 is 0 Å². The molecule has 1 aliphatic rings. The van der Waals surface area contributed by atoms with Gasteiger partial charge in [-0.25, -0.2) is 4.79 Å². The lowest BCUT2D eigenvalue weighted by molar-refractivity contribution is 0.1000. The largest absolute Gasteiger partial charge is 0.366 e. The van der Waals surface area contributed by atoms with Gasteiger partial charge >= 0.3 is 6.03 Å². The van der Waals surface area contributed by atoms with Crippen LogP contribution in [0.15, 0.2) is 24.3 Å². The molecule has 0 bridgehead atoms. The molecule has 1 aromatic rings. The molecule has 0 aliphatic heterocycles. The number of hydrogen-bond acceptors (Lipinski definition) is 3. The number of hydrogen-bond donors (Lipinski definition) is 2. The van der Waals surface area contributed by atoms with Crippen molar-refractivity contribution >= 4 is 17.6 Å². The molecule has 0 radical (unpaired) electrons. The predicted molar refractivity (Wildman–Crippen MR) is 101 cm³/mol. The standard InChI is InChI=1S/C19H30N4O2/c1-22(2)11-12-23(14-15-7-4-3-5-8-15)19(25)21-17-10-6-9-16(13-17)18(20)24/h6,9-10,13,15H,3-5,7-8,11-12,14H2,1-2H3,(H2,20,24)(H,21,25). The van der Waals surface area contributed by atoms with Crippen molar-refractivity contribution in [3.63, 3.8) is 0 Å². The van der Waals surface area contributed by atoms with Crippen molar-refractivity contribution in [1.82, 2.24) is 9.80 Å². The van der Waals surface area contributed by atoms with E-state index in [1.54, 1.807) is 24.3 Å². The minimum Gasteiger partial charge on any atom is -0.366 e. The van der Waals surface area contributed by atoms with E-state index in [-0.39, 0.29) is 6.03 Å². The fraction of sp³-hybridized carbons (Fsp3) is 0.579. The maximum atomic E-state index is 12.8. The number of nitrogens with zero attached hydrogens (tertiary/aromatic N) is 2. The first kappa shape index (κ1) is 19.2. The molecule has 2 rings (SSSR count).